The lowest BCUT2D eigenvalue weighted by Gasteiger charge is -2.29. The topological polar surface area (TPSA) is 28.4 Å². The molecule has 3 nitrogen and oxygen atoms in total. The molecule has 1 N–H and O–H groups in total. The van der Waals surface area contributed by atoms with E-state index in [4.69, 9.17) is 4.42 Å². The Morgan fingerprint density at radius 1 is 0.531 bits per heavy atom. The number of hydrogen-bond acceptors (Lipinski definition) is 4. The summed E-state index contributed by atoms with van der Waals surface area (Å²) in [6.45, 7) is 0. The lowest BCUT2D eigenvalue weighted by atomic mass is 9.96. The van der Waals surface area contributed by atoms with Crippen molar-refractivity contribution >= 4 is 78.0 Å². The molecule has 1 atom stereocenters. The summed E-state index contributed by atoms with van der Waals surface area (Å²) in [5.74, 6) is 0. The Labute approximate surface area is 288 Å². The van der Waals surface area contributed by atoms with Crippen molar-refractivity contribution in [3.8, 4) is 11.1 Å². The van der Waals surface area contributed by atoms with Gasteiger partial charge in [-0.15, -0.1) is 0 Å². The molecule has 0 saturated carbocycles. The van der Waals surface area contributed by atoms with E-state index >= 15 is 0 Å². The van der Waals surface area contributed by atoms with Gasteiger partial charge in [-0.3, -0.25) is 0 Å². The largest absolute Gasteiger partial charge is 0.456 e. The molecule has 1 aliphatic rings. The number of benzene rings is 8. The molecule has 232 valence electrons. The monoisotopic (exact) mass is 646 g/mol. The predicted molar refractivity (Wildman–Crippen MR) is 208 cm³/mol. The fourth-order valence-electron chi connectivity index (χ4n) is 7.34. The van der Waals surface area contributed by atoms with Gasteiger partial charge in [-0.2, -0.15) is 0 Å². The molecule has 1 unspecified atom stereocenters. The molecule has 0 fully saturated rings. The minimum Gasteiger partial charge on any atom is -0.456 e. The van der Waals surface area contributed by atoms with Gasteiger partial charge < -0.3 is 14.6 Å². The van der Waals surface area contributed by atoms with Gasteiger partial charge in [0, 0.05) is 49.7 Å². The summed E-state index contributed by atoms with van der Waals surface area (Å²) in [4.78, 5) is 3.65. The molecule has 49 heavy (non-hydrogen) atoms. The summed E-state index contributed by atoms with van der Waals surface area (Å²) in [6, 6.07) is 60.8. The summed E-state index contributed by atoms with van der Waals surface area (Å²) in [5, 5.41) is 11.0. The summed E-state index contributed by atoms with van der Waals surface area (Å²) in [6.07, 6.45) is 0. The van der Waals surface area contributed by atoms with Gasteiger partial charge >= 0.3 is 0 Å². The molecule has 0 saturated heterocycles. The maximum atomic E-state index is 6.69. The van der Waals surface area contributed by atoms with E-state index in [9.17, 15) is 0 Å². The molecule has 4 heteroatoms. The second kappa shape index (κ2) is 11.3. The number of anilines is 4. The van der Waals surface area contributed by atoms with Crippen molar-refractivity contribution in [3.05, 3.63) is 175 Å². The average molecular weight is 647 g/mol. The Hall–Kier alpha value is -5.97. The number of rotatable bonds is 5. The molecule has 0 bridgehead atoms. The Kier molecular flexibility index (Phi) is 6.49. The van der Waals surface area contributed by atoms with E-state index in [0.717, 1.165) is 39.3 Å². The van der Waals surface area contributed by atoms with Crippen LogP contribution in [-0.2, 0) is 0 Å². The predicted octanol–water partition coefficient (Wildman–Crippen LogP) is 13.2. The second-order valence-electron chi connectivity index (χ2n) is 12.6. The third-order valence-corrected chi connectivity index (χ3v) is 10.9. The molecule has 9 aromatic rings. The number of hydrogen-bond donors (Lipinski definition) is 1. The molecular formula is C45H30N2OS. The number of nitrogens with one attached hydrogen (secondary N) is 1. The first-order chi connectivity index (χ1) is 24.3. The number of nitrogens with zero attached hydrogens (tertiary/aromatic N) is 1. The van der Waals surface area contributed by atoms with E-state index < -0.39 is 0 Å². The molecule has 10 rings (SSSR count). The van der Waals surface area contributed by atoms with Crippen LogP contribution in [0, 0.1) is 0 Å². The van der Waals surface area contributed by atoms with Crippen molar-refractivity contribution in [1.82, 2.24) is 0 Å². The van der Waals surface area contributed by atoms with E-state index in [-0.39, 0.29) is 5.37 Å². The van der Waals surface area contributed by atoms with Gasteiger partial charge in [-0.1, -0.05) is 139 Å². The van der Waals surface area contributed by atoms with Crippen molar-refractivity contribution < 1.29 is 4.42 Å². The number of furan rings is 1. The number of thioether (sulfide) groups is 1. The normalized spacial score (nSPS) is 14.0. The van der Waals surface area contributed by atoms with Crippen LogP contribution < -0.4 is 10.2 Å². The highest BCUT2D eigenvalue weighted by molar-refractivity contribution is 8.00. The second-order valence-corrected chi connectivity index (χ2v) is 13.7. The first kappa shape index (κ1) is 28.1. The van der Waals surface area contributed by atoms with Gasteiger partial charge in [0.05, 0.1) is 5.69 Å². The van der Waals surface area contributed by atoms with Crippen LogP contribution in [-0.4, -0.2) is 0 Å². The molecule has 0 radical (unpaired) electrons. The third-order valence-electron chi connectivity index (χ3n) is 9.66. The van der Waals surface area contributed by atoms with Gasteiger partial charge in [0.2, 0.25) is 0 Å². The highest BCUT2D eigenvalue weighted by atomic mass is 32.2. The lowest BCUT2D eigenvalue weighted by molar-refractivity contribution is 0.668. The van der Waals surface area contributed by atoms with Crippen LogP contribution >= 0.6 is 11.8 Å². The summed E-state index contributed by atoms with van der Waals surface area (Å²) in [5.41, 5.74) is 9.81. The van der Waals surface area contributed by atoms with Crippen LogP contribution in [0.1, 0.15) is 10.9 Å². The zero-order valence-corrected chi connectivity index (χ0v) is 27.3. The van der Waals surface area contributed by atoms with Crippen LogP contribution in [0.2, 0.25) is 0 Å². The first-order valence-electron chi connectivity index (χ1n) is 16.6. The molecule has 8 aromatic carbocycles. The summed E-state index contributed by atoms with van der Waals surface area (Å²) >= 11 is 1.86. The quantitative estimate of drug-likeness (QED) is 0.201. The van der Waals surface area contributed by atoms with Crippen molar-refractivity contribution in [2.24, 2.45) is 0 Å². The van der Waals surface area contributed by atoms with Crippen molar-refractivity contribution in [1.29, 1.82) is 0 Å². The molecule has 1 aromatic heterocycles. The molecule has 2 heterocycles. The summed E-state index contributed by atoms with van der Waals surface area (Å²) in [7, 11) is 0. The highest BCUT2D eigenvalue weighted by Crippen LogP contribution is 2.52. The Morgan fingerprint density at radius 2 is 1.22 bits per heavy atom. The van der Waals surface area contributed by atoms with Crippen molar-refractivity contribution in [2.75, 3.05) is 10.2 Å². The van der Waals surface area contributed by atoms with Crippen LogP contribution in [0.4, 0.5) is 22.7 Å². The third kappa shape index (κ3) is 4.67. The maximum absolute atomic E-state index is 6.69. The standard InChI is InChI=1S/C45H30N2OS/c1-3-12-30(13-4-1)37-23-20-31-14-9-10-18-36(31)43(37)47(34-21-19-29-11-7-8-17-33(29)27-34)35-22-24-38-41(28-35)48-40-26-25-39-44(42(38)40)49-45(46-39)32-15-5-2-6-16-32/h1-28,45-46H. The van der Waals surface area contributed by atoms with E-state index in [2.05, 4.69) is 180 Å². The minimum absolute atomic E-state index is 0.164. The van der Waals surface area contributed by atoms with Gasteiger partial charge in [0.15, 0.2) is 0 Å². The Balaban J connectivity index is 1.20. The van der Waals surface area contributed by atoms with Crippen LogP contribution in [0.3, 0.4) is 0 Å². The van der Waals surface area contributed by atoms with E-state index in [1.54, 1.807) is 0 Å². The number of fused-ring (bicyclic) bond motifs is 7. The molecular weight excluding hydrogens is 617 g/mol. The van der Waals surface area contributed by atoms with Gasteiger partial charge in [0.1, 0.15) is 16.5 Å². The maximum Gasteiger partial charge on any atom is 0.137 e. The molecule has 1 aliphatic heterocycles. The first-order valence-corrected chi connectivity index (χ1v) is 17.5. The smallest absolute Gasteiger partial charge is 0.137 e. The van der Waals surface area contributed by atoms with Gasteiger partial charge in [-0.25, -0.2) is 0 Å². The lowest BCUT2D eigenvalue weighted by Crippen LogP contribution is -2.12. The van der Waals surface area contributed by atoms with Crippen molar-refractivity contribution in [2.45, 2.75) is 10.3 Å². The van der Waals surface area contributed by atoms with Crippen LogP contribution in [0.15, 0.2) is 179 Å². The SMILES string of the molecule is c1ccc(-c2ccc3ccccc3c2N(c2ccc3ccccc3c2)c2ccc3c(c2)oc2ccc4c(c23)SC(c2ccccc2)N4)cc1. The van der Waals surface area contributed by atoms with E-state index in [0.29, 0.717) is 0 Å². The van der Waals surface area contributed by atoms with E-state index in [1.807, 2.05) is 11.8 Å². The average Bonchev–Trinajstić information content (AvgIpc) is 3.77. The van der Waals surface area contributed by atoms with Crippen molar-refractivity contribution in [3.63, 3.8) is 0 Å². The van der Waals surface area contributed by atoms with Gasteiger partial charge in [-0.05, 0) is 63.7 Å². The zero-order valence-electron chi connectivity index (χ0n) is 26.5. The minimum atomic E-state index is 0.164. The summed E-state index contributed by atoms with van der Waals surface area (Å²) < 4.78 is 6.69. The fourth-order valence-corrected chi connectivity index (χ4v) is 8.63. The Bertz CT molecular complexity index is 2680. The van der Waals surface area contributed by atoms with Crippen LogP contribution in [0.5, 0.6) is 0 Å². The van der Waals surface area contributed by atoms with Gasteiger partial charge in [0.25, 0.3) is 0 Å². The highest BCUT2D eigenvalue weighted by Gasteiger charge is 2.28. The Morgan fingerprint density at radius 3 is 2.08 bits per heavy atom. The van der Waals surface area contributed by atoms with E-state index in [1.165, 1.54) is 48.5 Å². The molecule has 0 amide bonds. The zero-order chi connectivity index (χ0) is 32.3. The molecule has 0 spiro atoms. The fraction of sp³-hybridized carbons (Fsp3) is 0.0222. The molecule has 0 aliphatic carbocycles. The van der Waals surface area contributed by atoms with Crippen LogP contribution in [0.25, 0.3) is 54.6 Å².